The van der Waals surface area contributed by atoms with Gasteiger partial charge in [0.15, 0.2) is 6.10 Å². The molecule has 0 unspecified atom stereocenters. The molecule has 164 valence electrons. The quantitative estimate of drug-likeness (QED) is 0.387. The third kappa shape index (κ3) is 3.79. The second kappa shape index (κ2) is 8.03. The maximum absolute atomic E-state index is 14.0. The van der Waals surface area contributed by atoms with Crippen molar-refractivity contribution in [2.75, 3.05) is 7.11 Å². The van der Waals surface area contributed by atoms with Gasteiger partial charge in [0.25, 0.3) is 0 Å². The summed E-state index contributed by atoms with van der Waals surface area (Å²) >= 11 is 0. The molecule has 1 heterocycles. The number of esters is 1. The van der Waals surface area contributed by atoms with Gasteiger partial charge in [0.2, 0.25) is 11.2 Å². The van der Waals surface area contributed by atoms with E-state index in [1.807, 2.05) is 0 Å². The van der Waals surface area contributed by atoms with Crippen LogP contribution in [0.15, 0.2) is 69.9 Å². The molecule has 3 aromatic carbocycles. The number of halogens is 3. The predicted octanol–water partition coefficient (Wildman–Crippen LogP) is 5.57. The number of rotatable bonds is 4. The fourth-order valence-corrected chi connectivity index (χ4v) is 3.55. The standard InChI is InChI=1S/C24H17F3O5/c1-13(23(29)30-2)31-15-10-11-18-19(12-15)32-22(24(25,26)27)20(21(18)28)17-9-5-7-14-6-3-4-8-16(14)17/h3-13H,1-2H3/t13-/m1/s1. The van der Waals surface area contributed by atoms with E-state index in [2.05, 4.69) is 4.74 Å². The highest BCUT2D eigenvalue weighted by atomic mass is 19.4. The minimum atomic E-state index is -4.92. The second-order valence-corrected chi connectivity index (χ2v) is 7.10. The first-order chi connectivity index (χ1) is 15.2. The Morgan fingerprint density at radius 1 is 1.00 bits per heavy atom. The second-order valence-electron chi connectivity index (χ2n) is 7.10. The fourth-order valence-electron chi connectivity index (χ4n) is 3.55. The van der Waals surface area contributed by atoms with E-state index in [0.717, 1.165) is 6.07 Å². The van der Waals surface area contributed by atoms with E-state index in [0.29, 0.717) is 10.8 Å². The van der Waals surface area contributed by atoms with Crippen molar-refractivity contribution in [1.82, 2.24) is 0 Å². The lowest BCUT2D eigenvalue weighted by molar-refractivity contribution is -0.152. The summed E-state index contributed by atoms with van der Waals surface area (Å²) in [5.74, 6) is -2.00. The summed E-state index contributed by atoms with van der Waals surface area (Å²) in [7, 11) is 1.19. The molecule has 32 heavy (non-hydrogen) atoms. The van der Waals surface area contributed by atoms with E-state index < -0.39 is 35.0 Å². The normalized spacial score (nSPS) is 12.7. The predicted molar refractivity (Wildman–Crippen MR) is 113 cm³/mol. The molecule has 0 saturated heterocycles. The Bertz CT molecular complexity index is 1380. The molecule has 8 heteroatoms. The minimum Gasteiger partial charge on any atom is -0.479 e. The van der Waals surface area contributed by atoms with Crippen LogP contribution in [-0.2, 0) is 15.7 Å². The molecule has 0 aliphatic carbocycles. The maximum atomic E-state index is 14.0. The van der Waals surface area contributed by atoms with Gasteiger partial charge in [-0.25, -0.2) is 4.79 Å². The first kappa shape index (κ1) is 21.4. The van der Waals surface area contributed by atoms with Gasteiger partial charge in [0.05, 0.1) is 18.1 Å². The van der Waals surface area contributed by atoms with E-state index >= 15 is 0 Å². The molecule has 0 fully saturated rings. The van der Waals surface area contributed by atoms with E-state index in [4.69, 9.17) is 9.15 Å². The Balaban J connectivity index is 1.96. The molecule has 0 radical (unpaired) electrons. The zero-order valence-electron chi connectivity index (χ0n) is 17.0. The van der Waals surface area contributed by atoms with Gasteiger partial charge < -0.3 is 13.9 Å². The van der Waals surface area contributed by atoms with Gasteiger partial charge in [-0.3, -0.25) is 4.79 Å². The molecule has 4 rings (SSSR count). The van der Waals surface area contributed by atoms with E-state index in [9.17, 15) is 22.8 Å². The van der Waals surface area contributed by atoms with Crippen LogP contribution in [0.3, 0.4) is 0 Å². The molecule has 1 aromatic heterocycles. The van der Waals surface area contributed by atoms with Crippen LogP contribution >= 0.6 is 0 Å². The Morgan fingerprint density at radius 2 is 1.72 bits per heavy atom. The third-order valence-electron chi connectivity index (χ3n) is 5.03. The maximum Gasteiger partial charge on any atom is 0.450 e. The Labute approximate surface area is 180 Å². The van der Waals surface area contributed by atoms with Gasteiger partial charge >= 0.3 is 12.1 Å². The van der Waals surface area contributed by atoms with Crippen LogP contribution in [0.5, 0.6) is 5.75 Å². The lowest BCUT2D eigenvalue weighted by Crippen LogP contribution is -2.24. The SMILES string of the molecule is COC(=O)[C@@H](C)Oc1ccc2c(=O)c(-c3cccc4ccccc34)c(C(F)(F)F)oc2c1. The highest BCUT2D eigenvalue weighted by molar-refractivity contribution is 5.98. The van der Waals surface area contributed by atoms with Gasteiger partial charge in [0, 0.05) is 6.07 Å². The molecule has 0 bridgehead atoms. The molecule has 5 nitrogen and oxygen atoms in total. The zero-order valence-corrected chi connectivity index (χ0v) is 17.0. The van der Waals surface area contributed by atoms with Crippen molar-refractivity contribution in [3.8, 4) is 16.9 Å². The van der Waals surface area contributed by atoms with Crippen LogP contribution < -0.4 is 10.2 Å². The highest BCUT2D eigenvalue weighted by Gasteiger charge is 2.39. The topological polar surface area (TPSA) is 65.7 Å². The van der Waals surface area contributed by atoms with Crippen molar-refractivity contribution < 1.29 is 31.9 Å². The van der Waals surface area contributed by atoms with Gasteiger partial charge in [-0.15, -0.1) is 0 Å². The average molecular weight is 442 g/mol. The van der Waals surface area contributed by atoms with Crippen LogP contribution in [0.4, 0.5) is 13.2 Å². The minimum absolute atomic E-state index is 0.0426. The summed E-state index contributed by atoms with van der Waals surface area (Å²) in [4.78, 5) is 24.8. The molecular weight excluding hydrogens is 425 g/mol. The van der Waals surface area contributed by atoms with Crippen LogP contribution in [0.2, 0.25) is 0 Å². The number of methoxy groups -OCH3 is 1. The molecule has 4 aromatic rings. The van der Waals surface area contributed by atoms with Crippen LogP contribution in [0.1, 0.15) is 12.7 Å². The number of carbonyl (C=O) groups excluding carboxylic acids is 1. The number of hydrogen-bond acceptors (Lipinski definition) is 5. The Morgan fingerprint density at radius 3 is 2.44 bits per heavy atom. The number of carbonyl (C=O) groups is 1. The van der Waals surface area contributed by atoms with E-state index in [1.165, 1.54) is 32.2 Å². The zero-order chi connectivity index (χ0) is 23.0. The average Bonchev–Trinajstić information content (AvgIpc) is 2.77. The summed E-state index contributed by atoms with van der Waals surface area (Å²) in [6.45, 7) is 1.43. The van der Waals surface area contributed by atoms with Crippen LogP contribution in [0.25, 0.3) is 32.9 Å². The van der Waals surface area contributed by atoms with Gasteiger partial charge in [0.1, 0.15) is 11.3 Å². The molecule has 1 atom stereocenters. The molecule has 0 amide bonds. The largest absolute Gasteiger partial charge is 0.479 e. The van der Waals surface area contributed by atoms with Crippen molar-refractivity contribution >= 4 is 27.7 Å². The molecule has 0 N–H and O–H groups in total. The first-order valence-electron chi connectivity index (χ1n) is 9.61. The highest BCUT2D eigenvalue weighted by Crippen LogP contribution is 2.39. The fraction of sp³-hybridized carbons (Fsp3) is 0.167. The lowest BCUT2D eigenvalue weighted by atomic mass is 9.96. The Kier molecular flexibility index (Phi) is 5.38. The van der Waals surface area contributed by atoms with Crippen molar-refractivity contribution in [3.05, 3.63) is 76.6 Å². The molecule has 0 aliphatic rings. The number of ether oxygens (including phenoxy) is 2. The van der Waals surface area contributed by atoms with Crippen molar-refractivity contribution in [2.45, 2.75) is 19.2 Å². The number of hydrogen-bond donors (Lipinski definition) is 0. The van der Waals surface area contributed by atoms with E-state index in [1.54, 1.807) is 36.4 Å². The van der Waals surface area contributed by atoms with Crippen molar-refractivity contribution in [2.24, 2.45) is 0 Å². The van der Waals surface area contributed by atoms with Gasteiger partial charge in [-0.05, 0) is 35.4 Å². The summed E-state index contributed by atoms with van der Waals surface area (Å²) in [6.07, 6.45) is -5.92. The van der Waals surface area contributed by atoms with Crippen molar-refractivity contribution in [1.29, 1.82) is 0 Å². The first-order valence-corrected chi connectivity index (χ1v) is 9.61. The smallest absolute Gasteiger partial charge is 0.450 e. The van der Waals surface area contributed by atoms with Crippen LogP contribution in [0, 0.1) is 0 Å². The third-order valence-corrected chi connectivity index (χ3v) is 5.03. The summed E-state index contributed by atoms with van der Waals surface area (Å²) < 4.78 is 57.1. The number of fused-ring (bicyclic) bond motifs is 2. The lowest BCUT2D eigenvalue weighted by Gasteiger charge is -2.16. The van der Waals surface area contributed by atoms with Gasteiger partial charge in [-0.1, -0.05) is 42.5 Å². The monoisotopic (exact) mass is 442 g/mol. The van der Waals surface area contributed by atoms with Crippen LogP contribution in [-0.4, -0.2) is 19.2 Å². The summed E-state index contributed by atoms with van der Waals surface area (Å²) in [5.41, 5.74) is -1.55. The molecular formula is C24H17F3O5. The Hall–Kier alpha value is -3.81. The van der Waals surface area contributed by atoms with Gasteiger partial charge in [-0.2, -0.15) is 13.2 Å². The molecule has 0 saturated carbocycles. The van der Waals surface area contributed by atoms with E-state index in [-0.39, 0.29) is 22.3 Å². The summed E-state index contributed by atoms with van der Waals surface area (Å²) in [5, 5.41) is 1.15. The summed E-state index contributed by atoms with van der Waals surface area (Å²) in [6, 6.07) is 15.5. The number of alkyl halides is 3. The number of benzene rings is 3. The molecule has 0 aliphatic heterocycles. The van der Waals surface area contributed by atoms with Crippen molar-refractivity contribution in [3.63, 3.8) is 0 Å². The molecule has 0 spiro atoms.